The normalized spacial score (nSPS) is 11.7. The largest absolute Gasteiger partial charge is 0.481 e. The van der Waals surface area contributed by atoms with Crippen molar-refractivity contribution >= 4 is 11.9 Å². The Morgan fingerprint density at radius 3 is 2.42 bits per heavy atom. The minimum atomic E-state index is -1.07. The molecule has 0 aliphatic heterocycles. The Hall–Kier alpha value is -2.96. The maximum absolute atomic E-state index is 13.4. The zero-order chi connectivity index (χ0) is 19.1. The van der Waals surface area contributed by atoms with E-state index in [1.807, 2.05) is 6.07 Å². The van der Waals surface area contributed by atoms with Gasteiger partial charge < -0.3 is 14.7 Å². The lowest BCUT2D eigenvalue weighted by Gasteiger charge is -2.26. The van der Waals surface area contributed by atoms with Crippen LogP contribution in [0.3, 0.4) is 0 Å². The number of benzene rings is 2. The first-order chi connectivity index (χ1) is 12.4. The molecule has 0 saturated heterocycles. The van der Waals surface area contributed by atoms with E-state index in [2.05, 4.69) is 0 Å². The Balaban J connectivity index is 2.12. The first-order valence-corrected chi connectivity index (χ1v) is 8.03. The highest BCUT2D eigenvalue weighted by Gasteiger charge is 2.23. The standard InChI is InChI=1S/C19H19F2NO4/c1-13(26-15-5-3-2-4-6-15)19(25)22(10-9-18(23)24)12-14-7-8-16(20)17(21)11-14/h2-8,11,13H,9-10,12H2,1H3,(H,23,24)/t13-/m0/s1. The number of amides is 1. The first-order valence-electron chi connectivity index (χ1n) is 8.03. The maximum atomic E-state index is 13.4. The lowest BCUT2D eigenvalue weighted by molar-refractivity contribution is -0.141. The van der Waals surface area contributed by atoms with Crippen molar-refractivity contribution in [2.45, 2.75) is 26.0 Å². The van der Waals surface area contributed by atoms with Crippen molar-refractivity contribution in [2.24, 2.45) is 0 Å². The highest BCUT2D eigenvalue weighted by atomic mass is 19.2. The van der Waals surface area contributed by atoms with Gasteiger partial charge in [0.15, 0.2) is 17.7 Å². The van der Waals surface area contributed by atoms with Crippen molar-refractivity contribution in [3.8, 4) is 5.75 Å². The van der Waals surface area contributed by atoms with Gasteiger partial charge in [0.2, 0.25) is 0 Å². The smallest absolute Gasteiger partial charge is 0.305 e. The Morgan fingerprint density at radius 2 is 1.81 bits per heavy atom. The van der Waals surface area contributed by atoms with Crippen molar-refractivity contribution in [2.75, 3.05) is 6.54 Å². The van der Waals surface area contributed by atoms with E-state index in [1.54, 1.807) is 31.2 Å². The van der Waals surface area contributed by atoms with E-state index in [-0.39, 0.29) is 19.5 Å². The van der Waals surface area contributed by atoms with E-state index < -0.39 is 29.6 Å². The molecule has 2 aromatic carbocycles. The van der Waals surface area contributed by atoms with Crippen molar-refractivity contribution in [1.29, 1.82) is 0 Å². The van der Waals surface area contributed by atoms with Crippen LogP contribution in [0.25, 0.3) is 0 Å². The minimum Gasteiger partial charge on any atom is -0.481 e. The fourth-order valence-corrected chi connectivity index (χ4v) is 2.37. The number of para-hydroxylation sites is 1. The summed E-state index contributed by atoms with van der Waals surface area (Å²) in [7, 11) is 0. The van der Waals surface area contributed by atoms with Gasteiger partial charge in [-0.1, -0.05) is 24.3 Å². The summed E-state index contributed by atoms with van der Waals surface area (Å²) in [5.74, 6) is -3.02. The molecule has 0 aromatic heterocycles. The summed E-state index contributed by atoms with van der Waals surface area (Å²) in [5.41, 5.74) is 0.356. The topological polar surface area (TPSA) is 66.8 Å². The van der Waals surface area contributed by atoms with Gasteiger partial charge in [0, 0.05) is 13.1 Å². The lowest BCUT2D eigenvalue weighted by atomic mass is 10.2. The number of ether oxygens (including phenoxy) is 1. The molecule has 2 rings (SSSR count). The van der Waals surface area contributed by atoms with Gasteiger partial charge in [0.25, 0.3) is 5.91 Å². The van der Waals surface area contributed by atoms with Crippen LogP contribution in [-0.2, 0) is 16.1 Å². The molecular weight excluding hydrogens is 344 g/mol. The molecule has 7 heteroatoms. The van der Waals surface area contributed by atoms with Gasteiger partial charge in [-0.2, -0.15) is 0 Å². The molecule has 1 N–H and O–H groups in total. The predicted octanol–water partition coefficient (Wildman–Crippen LogP) is 3.24. The van der Waals surface area contributed by atoms with Crippen LogP contribution in [0.15, 0.2) is 48.5 Å². The first kappa shape index (κ1) is 19.4. The van der Waals surface area contributed by atoms with Gasteiger partial charge in [-0.05, 0) is 36.8 Å². The molecule has 1 amide bonds. The molecule has 0 aliphatic rings. The fourth-order valence-electron chi connectivity index (χ4n) is 2.37. The summed E-state index contributed by atoms with van der Waals surface area (Å²) in [6.07, 6.45) is -1.13. The SMILES string of the molecule is C[C@H](Oc1ccccc1)C(=O)N(CCC(=O)O)Cc1ccc(F)c(F)c1. The summed E-state index contributed by atoms with van der Waals surface area (Å²) in [4.78, 5) is 24.8. The number of nitrogens with zero attached hydrogens (tertiary/aromatic N) is 1. The van der Waals surface area contributed by atoms with Crippen molar-refractivity contribution < 1.29 is 28.2 Å². The molecule has 0 spiro atoms. The molecule has 0 saturated carbocycles. The maximum Gasteiger partial charge on any atom is 0.305 e. The van der Waals surface area contributed by atoms with Crippen LogP contribution in [0.2, 0.25) is 0 Å². The Bertz CT molecular complexity index is 767. The summed E-state index contributed by atoms with van der Waals surface area (Å²) >= 11 is 0. The third kappa shape index (κ3) is 5.54. The summed E-state index contributed by atoms with van der Waals surface area (Å²) in [6, 6.07) is 12.0. The van der Waals surface area contributed by atoms with Crippen molar-refractivity contribution in [3.63, 3.8) is 0 Å². The number of carbonyl (C=O) groups is 2. The van der Waals surface area contributed by atoms with Crippen LogP contribution in [-0.4, -0.2) is 34.5 Å². The lowest BCUT2D eigenvalue weighted by Crippen LogP contribution is -2.41. The monoisotopic (exact) mass is 363 g/mol. The number of carboxylic acids is 1. The van der Waals surface area contributed by atoms with Crippen LogP contribution in [0.1, 0.15) is 18.9 Å². The van der Waals surface area contributed by atoms with Gasteiger partial charge in [0.1, 0.15) is 5.75 Å². The molecule has 138 valence electrons. The third-order valence-electron chi connectivity index (χ3n) is 3.67. The van der Waals surface area contributed by atoms with E-state index >= 15 is 0 Å². The number of aliphatic carboxylic acids is 1. The number of carbonyl (C=O) groups excluding carboxylic acids is 1. The molecule has 0 fully saturated rings. The second-order valence-corrected chi connectivity index (χ2v) is 5.73. The highest BCUT2D eigenvalue weighted by molar-refractivity contribution is 5.81. The van der Waals surface area contributed by atoms with Crippen molar-refractivity contribution in [1.82, 2.24) is 4.90 Å². The van der Waals surface area contributed by atoms with Gasteiger partial charge in [-0.15, -0.1) is 0 Å². The molecule has 0 bridgehead atoms. The molecular formula is C19H19F2NO4. The molecule has 26 heavy (non-hydrogen) atoms. The zero-order valence-corrected chi connectivity index (χ0v) is 14.2. The molecule has 0 radical (unpaired) electrons. The number of halogens is 2. The van der Waals surface area contributed by atoms with Crippen LogP contribution >= 0.6 is 0 Å². The second-order valence-electron chi connectivity index (χ2n) is 5.73. The fraction of sp³-hybridized carbons (Fsp3) is 0.263. The quantitative estimate of drug-likeness (QED) is 0.782. The predicted molar refractivity (Wildman–Crippen MR) is 90.6 cm³/mol. The Labute approximate surface area is 149 Å². The average Bonchev–Trinajstić information content (AvgIpc) is 2.61. The summed E-state index contributed by atoms with van der Waals surface area (Å²) < 4.78 is 32.0. The van der Waals surface area contributed by atoms with Gasteiger partial charge in [0.05, 0.1) is 6.42 Å². The van der Waals surface area contributed by atoms with E-state index in [0.29, 0.717) is 11.3 Å². The van der Waals surface area contributed by atoms with E-state index in [0.717, 1.165) is 12.1 Å². The Morgan fingerprint density at radius 1 is 1.12 bits per heavy atom. The molecule has 0 heterocycles. The summed E-state index contributed by atoms with van der Waals surface area (Å²) in [6.45, 7) is 1.43. The minimum absolute atomic E-state index is 0.0498. The second kappa shape index (κ2) is 8.94. The Kier molecular flexibility index (Phi) is 6.66. The third-order valence-corrected chi connectivity index (χ3v) is 3.67. The van der Waals surface area contributed by atoms with Crippen LogP contribution < -0.4 is 4.74 Å². The number of hydrogen-bond acceptors (Lipinski definition) is 3. The number of carboxylic acid groups (broad SMARTS) is 1. The number of hydrogen-bond donors (Lipinski definition) is 1. The van der Waals surface area contributed by atoms with Crippen LogP contribution in [0, 0.1) is 11.6 Å². The van der Waals surface area contributed by atoms with Gasteiger partial charge >= 0.3 is 5.97 Å². The molecule has 1 atom stereocenters. The number of rotatable bonds is 8. The molecule has 0 aliphatic carbocycles. The molecule has 5 nitrogen and oxygen atoms in total. The van der Waals surface area contributed by atoms with Crippen molar-refractivity contribution in [3.05, 3.63) is 65.7 Å². The summed E-state index contributed by atoms with van der Waals surface area (Å²) in [5, 5.41) is 8.89. The van der Waals surface area contributed by atoms with Gasteiger partial charge in [-0.3, -0.25) is 9.59 Å². The molecule has 0 unspecified atom stereocenters. The zero-order valence-electron chi connectivity index (χ0n) is 14.2. The molecule has 2 aromatic rings. The highest BCUT2D eigenvalue weighted by Crippen LogP contribution is 2.15. The van der Waals surface area contributed by atoms with E-state index in [4.69, 9.17) is 9.84 Å². The average molecular weight is 363 g/mol. The van der Waals surface area contributed by atoms with E-state index in [9.17, 15) is 18.4 Å². The van der Waals surface area contributed by atoms with Crippen LogP contribution in [0.4, 0.5) is 8.78 Å². The van der Waals surface area contributed by atoms with Gasteiger partial charge in [-0.25, -0.2) is 8.78 Å². The van der Waals surface area contributed by atoms with Crippen LogP contribution in [0.5, 0.6) is 5.75 Å². The van der Waals surface area contributed by atoms with E-state index in [1.165, 1.54) is 11.0 Å².